The first kappa shape index (κ1) is 19.9. The SMILES string of the molecule is CCNC(=NCc1cnc(CC(C)C)s1)N1CCC2(CCC2)C1.I. The van der Waals surface area contributed by atoms with Crippen LogP contribution in [0.3, 0.4) is 0 Å². The Morgan fingerprint density at radius 1 is 1.42 bits per heavy atom. The highest BCUT2D eigenvalue weighted by atomic mass is 127. The number of thiazole rings is 1. The Morgan fingerprint density at radius 3 is 2.79 bits per heavy atom. The lowest BCUT2D eigenvalue weighted by Crippen LogP contribution is -2.42. The van der Waals surface area contributed by atoms with E-state index in [-0.39, 0.29) is 24.0 Å². The van der Waals surface area contributed by atoms with Gasteiger partial charge in [0.25, 0.3) is 0 Å². The molecule has 0 bridgehead atoms. The number of guanidine groups is 1. The summed E-state index contributed by atoms with van der Waals surface area (Å²) < 4.78 is 0. The Kier molecular flexibility index (Phi) is 7.34. The molecule has 24 heavy (non-hydrogen) atoms. The molecule has 2 heterocycles. The predicted molar refractivity (Wildman–Crippen MR) is 113 cm³/mol. The monoisotopic (exact) mass is 462 g/mol. The molecule has 1 aromatic rings. The molecule has 0 unspecified atom stereocenters. The number of rotatable bonds is 5. The van der Waals surface area contributed by atoms with Gasteiger partial charge in [-0.25, -0.2) is 9.98 Å². The molecular weight excluding hydrogens is 431 g/mol. The van der Waals surface area contributed by atoms with Crippen molar-refractivity contribution in [3.8, 4) is 0 Å². The average molecular weight is 462 g/mol. The van der Waals surface area contributed by atoms with Crippen molar-refractivity contribution in [1.82, 2.24) is 15.2 Å². The van der Waals surface area contributed by atoms with Gasteiger partial charge in [-0.1, -0.05) is 20.3 Å². The van der Waals surface area contributed by atoms with Gasteiger partial charge in [-0.3, -0.25) is 0 Å². The summed E-state index contributed by atoms with van der Waals surface area (Å²) in [5.74, 6) is 1.76. The molecule has 136 valence electrons. The third-order valence-electron chi connectivity index (χ3n) is 5.06. The van der Waals surface area contributed by atoms with Gasteiger partial charge in [-0.2, -0.15) is 0 Å². The van der Waals surface area contributed by atoms with Crippen molar-refractivity contribution in [3.05, 3.63) is 16.1 Å². The Morgan fingerprint density at radius 2 is 2.21 bits per heavy atom. The van der Waals surface area contributed by atoms with Crippen molar-refractivity contribution < 1.29 is 0 Å². The number of hydrogen-bond donors (Lipinski definition) is 1. The van der Waals surface area contributed by atoms with Gasteiger partial charge < -0.3 is 10.2 Å². The first-order chi connectivity index (χ1) is 11.1. The predicted octanol–water partition coefficient (Wildman–Crippen LogP) is 4.30. The molecule has 1 spiro atoms. The van der Waals surface area contributed by atoms with Crippen LogP contribution < -0.4 is 5.32 Å². The zero-order valence-corrected chi connectivity index (χ0v) is 18.3. The summed E-state index contributed by atoms with van der Waals surface area (Å²) in [7, 11) is 0. The van der Waals surface area contributed by atoms with Crippen molar-refractivity contribution in [3.63, 3.8) is 0 Å². The molecule has 3 rings (SSSR count). The van der Waals surface area contributed by atoms with E-state index in [9.17, 15) is 0 Å². The van der Waals surface area contributed by atoms with Crippen molar-refractivity contribution in [2.24, 2.45) is 16.3 Å². The largest absolute Gasteiger partial charge is 0.357 e. The maximum atomic E-state index is 4.88. The lowest BCUT2D eigenvalue weighted by molar-refractivity contribution is 0.151. The van der Waals surface area contributed by atoms with Gasteiger partial charge in [0.1, 0.15) is 0 Å². The van der Waals surface area contributed by atoms with Gasteiger partial charge in [0.2, 0.25) is 0 Å². The van der Waals surface area contributed by atoms with Crippen LogP contribution in [0.5, 0.6) is 0 Å². The second kappa shape index (κ2) is 8.83. The quantitative estimate of drug-likeness (QED) is 0.403. The molecule has 4 nitrogen and oxygen atoms in total. The molecule has 1 N–H and O–H groups in total. The summed E-state index contributed by atoms with van der Waals surface area (Å²) in [5.41, 5.74) is 0.616. The maximum absolute atomic E-state index is 4.88. The molecule has 2 fully saturated rings. The summed E-state index contributed by atoms with van der Waals surface area (Å²) in [6.07, 6.45) is 8.67. The fourth-order valence-corrected chi connectivity index (χ4v) is 4.70. The van der Waals surface area contributed by atoms with Gasteiger partial charge in [-0.05, 0) is 37.5 Å². The van der Waals surface area contributed by atoms with E-state index in [0.29, 0.717) is 11.3 Å². The minimum absolute atomic E-state index is 0. The fraction of sp³-hybridized carbons (Fsp3) is 0.778. The Hall–Kier alpha value is -0.370. The molecule has 6 heteroatoms. The summed E-state index contributed by atoms with van der Waals surface area (Å²) >= 11 is 1.81. The van der Waals surface area contributed by atoms with Crippen LogP contribution in [0.25, 0.3) is 0 Å². The molecule has 0 amide bonds. The van der Waals surface area contributed by atoms with Crippen LogP contribution in [0.1, 0.15) is 56.3 Å². The average Bonchev–Trinajstić information content (AvgIpc) is 3.09. The van der Waals surface area contributed by atoms with Crippen LogP contribution in [0.4, 0.5) is 0 Å². The van der Waals surface area contributed by atoms with Gasteiger partial charge in [0.15, 0.2) is 5.96 Å². The molecule has 0 aromatic carbocycles. The molecule has 0 atom stereocenters. The number of likely N-dealkylation sites (tertiary alicyclic amines) is 1. The summed E-state index contributed by atoms with van der Waals surface area (Å²) in [4.78, 5) is 13.2. The lowest BCUT2D eigenvalue weighted by Gasteiger charge is -2.38. The summed E-state index contributed by atoms with van der Waals surface area (Å²) in [6.45, 7) is 10.7. The Bertz CT molecular complexity index is 551. The maximum Gasteiger partial charge on any atom is 0.194 e. The van der Waals surface area contributed by atoms with E-state index in [2.05, 4.69) is 36.0 Å². The number of nitrogens with one attached hydrogen (secondary N) is 1. The normalized spacial score (nSPS) is 19.5. The first-order valence-corrected chi connectivity index (χ1v) is 9.89. The molecule has 1 saturated heterocycles. The molecule has 0 radical (unpaired) electrons. The second-order valence-electron chi connectivity index (χ2n) is 7.51. The van der Waals surface area contributed by atoms with Gasteiger partial charge in [0.05, 0.1) is 11.6 Å². The molecule has 1 aliphatic heterocycles. The van der Waals surface area contributed by atoms with E-state index in [4.69, 9.17) is 4.99 Å². The Labute approximate surface area is 167 Å². The third-order valence-corrected chi connectivity index (χ3v) is 6.06. The highest BCUT2D eigenvalue weighted by Crippen LogP contribution is 2.47. The van der Waals surface area contributed by atoms with Crippen LogP contribution in [0.2, 0.25) is 0 Å². The van der Waals surface area contributed by atoms with E-state index in [0.717, 1.165) is 32.0 Å². The van der Waals surface area contributed by atoms with E-state index < -0.39 is 0 Å². The molecule has 1 aromatic heterocycles. The second-order valence-corrected chi connectivity index (χ2v) is 8.71. The lowest BCUT2D eigenvalue weighted by atomic mass is 9.68. The molecule has 2 aliphatic rings. The molecule has 1 saturated carbocycles. The first-order valence-electron chi connectivity index (χ1n) is 9.07. The van der Waals surface area contributed by atoms with Crippen LogP contribution in [0.15, 0.2) is 11.2 Å². The van der Waals surface area contributed by atoms with E-state index in [1.165, 1.54) is 42.1 Å². The smallest absolute Gasteiger partial charge is 0.194 e. The zero-order valence-electron chi connectivity index (χ0n) is 15.2. The fourth-order valence-electron chi connectivity index (χ4n) is 3.64. The van der Waals surface area contributed by atoms with Crippen LogP contribution in [0, 0.1) is 11.3 Å². The number of halogens is 1. The van der Waals surface area contributed by atoms with Crippen LogP contribution in [-0.4, -0.2) is 35.5 Å². The van der Waals surface area contributed by atoms with Gasteiger partial charge in [-0.15, -0.1) is 35.3 Å². The third kappa shape index (κ3) is 4.84. The van der Waals surface area contributed by atoms with Crippen LogP contribution >= 0.6 is 35.3 Å². The highest BCUT2D eigenvalue weighted by Gasteiger charge is 2.43. The van der Waals surface area contributed by atoms with Crippen LogP contribution in [-0.2, 0) is 13.0 Å². The summed E-state index contributed by atoms with van der Waals surface area (Å²) in [5, 5.41) is 4.72. The topological polar surface area (TPSA) is 40.5 Å². The number of aromatic nitrogens is 1. The molecule has 1 aliphatic carbocycles. The minimum atomic E-state index is 0. The standard InChI is InChI=1S/C18H30N4S.HI/c1-4-19-17(22-9-8-18(13-22)6-5-7-18)21-12-15-11-20-16(23-15)10-14(2)3;/h11,14H,4-10,12-13H2,1-3H3,(H,19,21);1H. The van der Waals surface area contributed by atoms with E-state index >= 15 is 0 Å². The minimum Gasteiger partial charge on any atom is -0.357 e. The zero-order chi connectivity index (χ0) is 16.3. The van der Waals surface area contributed by atoms with Crippen molar-refractivity contribution in [1.29, 1.82) is 0 Å². The van der Waals surface area contributed by atoms with Gasteiger partial charge in [0, 0.05) is 37.1 Å². The van der Waals surface area contributed by atoms with Crippen molar-refractivity contribution in [2.75, 3.05) is 19.6 Å². The summed E-state index contributed by atoms with van der Waals surface area (Å²) in [6, 6.07) is 0. The van der Waals surface area contributed by atoms with Crippen molar-refractivity contribution >= 4 is 41.3 Å². The number of aliphatic imine (C=N–C) groups is 1. The van der Waals surface area contributed by atoms with E-state index in [1.807, 2.05) is 17.5 Å². The number of nitrogens with zero attached hydrogens (tertiary/aromatic N) is 3. The van der Waals surface area contributed by atoms with Gasteiger partial charge >= 0.3 is 0 Å². The van der Waals surface area contributed by atoms with Crippen molar-refractivity contribution in [2.45, 2.75) is 59.4 Å². The molecular formula is C18H31IN4S. The Balaban J connectivity index is 0.00000208. The number of hydrogen-bond acceptors (Lipinski definition) is 3. The highest BCUT2D eigenvalue weighted by molar-refractivity contribution is 14.0. The van der Waals surface area contributed by atoms with E-state index in [1.54, 1.807) is 0 Å².